The van der Waals surface area contributed by atoms with Crippen LogP contribution >= 0.6 is 0 Å². The number of anilines is 1. The van der Waals surface area contributed by atoms with E-state index in [9.17, 15) is 18.0 Å². The third-order valence-electron chi connectivity index (χ3n) is 3.97. The van der Waals surface area contributed by atoms with Crippen LogP contribution in [0.25, 0.3) is 0 Å². The zero-order valence-corrected chi connectivity index (χ0v) is 15.5. The standard InChI is InChI=1S/C16H24N4O4S/c1-19(2)8-4-7-17-15(21)11-18-25(23,24)13-5-6-14-12(9-13)10-16(22)20(14)3/h5-6,9,18H,4,7-8,10-11H2,1-3H3,(H,17,21). The first-order valence-electron chi connectivity index (χ1n) is 8.01. The van der Waals surface area contributed by atoms with Crippen molar-refractivity contribution < 1.29 is 18.0 Å². The molecule has 1 aromatic carbocycles. The molecule has 0 atom stereocenters. The molecule has 0 saturated carbocycles. The molecule has 0 unspecified atom stereocenters. The maximum atomic E-state index is 12.3. The van der Waals surface area contributed by atoms with Gasteiger partial charge >= 0.3 is 0 Å². The van der Waals surface area contributed by atoms with Crippen molar-refractivity contribution in [2.45, 2.75) is 17.7 Å². The van der Waals surface area contributed by atoms with E-state index in [1.165, 1.54) is 17.0 Å². The highest BCUT2D eigenvalue weighted by Crippen LogP contribution is 2.29. The molecule has 1 aliphatic rings. The molecule has 8 nitrogen and oxygen atoms in total. The molecular formula is C16H24N4O4S. The maximum Gasteiger partial charge on any atom is 0.241 e. The molecule has 0 spiro atoms. The first-order chi connectivity index (χ1) is 11.7. The number of rotatable bonds is 8. The summed E-state index contributed by atoms with van der Waals surface area (Å²) in [7, 11) is 1.73. The van der Waals surface area contributed by atoms with Crippen LogP contribution in [0.15, 0.2) is 23.1 Å². The van der Waals surface area contributed by atoms with E-state index in [2.05, 4.69) is 10.0 Å². The van der Waals surface area contributed by atoms with E-state index in [4.69, 9.17) is 0 Å². The average molecular weight is 368 g/mol. The van der Waals surface area contributed by atoms with Gasteiger partial charge in [-0.3, -0.25) is 9.59 Å². The average Bonchev–Trinajstić information content (AvgIpc) is 2.83. The van der Waals surface area contributed by atoms with Gasteiger partial charge in [0, 0.05) is 19.3 Å². The summed E-state index contributed by atoms with van der Waals surface area (Å²) in [5.41, 5.74) is 1.38. The summed E-state index contributed by atoms with van der Waals surface area (Å²) < 4.78 is 26.9. The number of carbonyl (C=O) groups is 2. The Bertz CT molecular complexity index is 761. The number of benzene rings is 1. The topological polar surface area (TPSA) is 98.8 Å². The first kappa shape index (κ1) is 19.4. The first-order valence-corrected chi connectivity index (χ1v) is 9.49. The SMILES string of the molecule is CN(C)CCCNC(=O)CNS(=O)(=O)c1ccc2c(c1)CC(=O)N2C. The summed E-state index contributed by atoms with van der Waals surface area (Å²) in [5.74, 6) is -0.451. The summed E-state index contributed by atoms with van der Waals surface area (Å²) in [6, 6.07) is 4.52. The number of sulfonamides is 1. The monoisotopic (exact) mass is 368 g/mol. The molecule has 2 N–H and O–H groups in total. The fourth-order valence-electron chi connectivity index (χ4n) is 2.54. The Morgan fingerprint density at radius 3 is 2.72 bits per heavy atom. The number of hydrogen-bond donors (Lipinski definition) is 2. The van der Waals surface area contributed by atoms with Gasteiger partial charge in [-0.15, -0.1) is 0 Å². The van der Waals surface area contributed by atoms with E-state index in [1.807, 2.05) is 19.0 Å². The third-order valence-corrected chi connectivity index (χ3v) is 5.36. The van der Waals surface area contributed by atoms with Gasteiger partial charge in [0.1, 0.15) is 0 Å². The summed E-state index contributed by atoms with van der Waals surface area (Å²) in [5, 5.41) is 2.67. The molecule has 0 radical (unpaired) electrons. The molecule has 138 valence electrons. The smallest absolute Gasteiger partial charge is 0.241 e. The number of fused-ring (bicyclic) bond motifs is 1. The second-order valence-corrected chi connectivity index (χ2v) is 8.02. The van der Waals surface area contributed by atoms with Crippen molar-refractivity contribution in [1.82, 2.24) is 14.9 Å². The van der Waals surface area contributed by atoms with Crippen LogP contribution < -0.4 is 14.9 Å². The lowest BCUT2D eigenvalue weighted by molar-refractivity contribution is -0.120. The van der Waals surface area contributed by atoms with E-state index < -0.39 is 10.0 Å². The zero-order valence-electron chi connectivity index (χ0n) is 14.7. The lowest BCUT2D eigenvalue weighted by Gasteiger charge is -2.12. The molecule has 0 saturated heterocycles. The fourth-order valence-corrected chi connectivity index (χ4v) is 3.58. The summed E-state index contributed by atoms with van der Waals surface area (Å²) in [6.07, 6.45) is 0.972. The number of amides is 2. The number of nitrogens with one attached hydrogen (secondary N) is 2. The largest absolute Gasteiger partial charge is 0.355 e. The molecular weight excluding hydrogens is 344 g/mol. The molecule has 2 amide bonds. The predicted octanol–water partition coefficient (Wildman–Crippen LogP) is -0.448. The molecule has 25 heavy (non-hydrogen) atoms. The van der Waals surface area contributed by atoms with E-state index >= 15 is 0 Å². The highest BCUT2D eigenvalue weighted by molar-refractivity contribution is 7.89. The Morgan fingerprint density at radius 1 is 1.32 bits per heavy atom. The molecule has 0 aromatic heterocycles. The van der Waals surface area contributed by atoms with Crippen LogP contribution in [-0.4, -0.2) is 65.9 Å². The second kappa shape index (κ2) is 7.94. The van der Waals surface area contributed by atoms with Crippen LogP contribution in [0.2, 0.25) is 0 Å². The highest BCUT2D eigenvalue weighted by Gasteiger charge is 2.26. The Balaban J connectivity index is 1.91. The van der Waals surface area contributed by atoms with Crippen LogP contribution in [0, 0.1) is 0 Å². The number of likely N-dealkylation sites (N-methyl/N-ethyl adjacent to an activating group) is 1. The molecule has 1 heterocycles. The highest BCUT2D eigenvalue weighted by atomic mass is 32.2. The van der Waals surface area contributed by atoms with Gasteiger partial charge in [0.25, 0.3) is 0 Å². The van der Waals surface area contributed by atoms with Crippen molar-refractivity contribution in [1.29, 1.82) is 0 Å². The van der Waals surface area contributed by atoms with E-state index in [1.54, 1.807) is 13.1 Å². The Kier molecular flexibility index (Phi) is 6.15. The van der Waals surface area contributed by atoms with Crippen LogP contribution in [0.5, 0.6) is 0 Å². The van der Waals surface area contributed by atoms with E-state index in [0.29, 0.717) is 17.8 Å². The van der Waals surface area contributed by atoms with Crippen LogP contribution in [0.1, 0.15) is 12.0 Å². The van der Waals surface area contributed by atoms with Gasteiger partial charge in [-0.05, 0) is 50.8 Å². The summed E-state index contributed by atoms with van der Waals surface area (Å²) >= 11 is 0. The molecule has 1 aromatic rings. The minimum Gasteiger partial charge on any atom is -0.355 e. The lowest BCUT2D eigenvalue weighted by Crippen LogP contribution is -2.37. The third kappa shape index (κ3) is 5.00. The minimum atomic E-state index is -3.80. The molecule has 0 fully saturated rings. The van der Waals surface area contributed by atoms with Crippen molar-refractivity contribution in [3.63, 3.8) is 0 Å². The normalized spacial score (nSPS) is 14.1. The maximum absolute atomic E-state index is 12.3. The number of nitrogens with zero attached hydrogens (tertiary/aromatic N) is 2. The fraction of sp³-hybridized carbons (Fsp3) is 0.500. The van der Waals surface area contributed by atoms with Gasteiger partial charge < -0.3 is 15.1 Å². The van der Waals surface area contributed by atoms with E-state index in [-0.39, 0.29) is 29.7 Å². The Morgan fingerprint density at radius 2 is 2.04 bits per heavy atom. The summed E-state index contributed by atoms with van der Waals surface area (Å²) in [4.78, 5) is 27.0. The number of hydrogen-bond acceptors (Lipinski definition) is 5. The van der Waals surface area contributed by atoms with Crippen LogP contribution in [0.4, 0.5) is 5.69 Å². The second-order valence-electron chi connectivity index (χ2n) is 6.25. The summed E-state index contributed by atoms with van der Waals surface area (Å²) in [6.45, 7) is 1.01. The van der Waals surface area contributed by atoms with Crippen molar-refractivity contribution >= 4 is 27.5 Å². The zero-order chi connectivity index (χ0) is 18.6. The molecule has 9 heteroatoms. The lowest BCUT2D eigenvalue weighted by atomic mass is 10.2. The molecule has 1 aliphatic heterocycles. The number of carbonyl (C=O) groups excluding carboxylic acids is 2. The van der Waals surface area contributed by atoms with Gasteiger partial charge in [-0.25, -0.2) is 13.1 Å². The van der Waals surface area contributed by atoms with Crippen molar-refractivity contribution in [2.75, 3.05) is 45.7 Å². The van der Waals surface area contributed by atoms with Gasteiger partial charge in [0.2, 0.25) is 21.8 Å². The van der Waals surface area contributed by atoms with Crippen LogP contribution in [-0.2, 0) is 26.0 Å². The van der Waals surface area contributed by atoms with Crippen molar-refractivity contribution in [2.24, 2.45) is 0 Å². The van der Waals surface area contributed by atoms with Gasteiger partial charge in [-0.2, -0.15) is 0 Å². The Labute approximate surface area is 148 Å². The quantitative estimate of drug-likeness (QED) is 0.606. The van der Waals surface area contributed by atoms with Gasteiger partial charge in [-0.1, -0.05) is 0 Å². The van der Waals surface area contributed by atoms with E-state index in [0.717, 1.165) is 13.0 Å². The minimum absolute atomic E-state index is 0.0507. The molecule has 0 aliphatic carbocycles. The van der Waals surface area contributed by atoms with Crippen molar-refractivity contribution in [3.8, 4) is 0 Å². The molecule has 2 rings (SSSR count). The molecule has 0 bridgehead atoms. The van der Waals surface area contributed by atoms with Gasteiger partial charge in [0.05, 0.1) is 17.9 Å². The predicted molar refractivity (Wildman–Crippen MR) is 94.9 cm³/mol. The Hall–Kier alpha value is -1.97. The van der Waals surface area contributed by atoms with Crippen molar-refractivity contribution in [3.05, 3.63) is 23.8 Å². The van der Waals surface area contributed by atoms with Gasteiger partial charge in [0.15, 0.2) is 0 Å². The van der Waals surface area contributed by atoms with Crippen LogP contribution in [0.3, 0.4) is 0 Å².